The van der Waals surface area contributed by atoms with Crippen molar-refractivity contribution in [2.75, 3.05) is 0 Å². The summed E-state index contributed by atoms with van der Waals surface area (Å²) in [6, 6.07) is 5.49. The molecule has 0 atom stereocenters. The second kappa shape index (κ2) is 5.26. The number of carbonyl (C=O) groups is 2. The first kappa shape index (κ1) is 12.0. The Bertz CT molecular complexity index is 578. The summed E-state index contributed by atoms with van der Waals surface area (Å²) in [5, 5.41) is 18.9. The van der Waals surface area contributed by atoms with Crippen molar-refractivity contribution >= 4 is 17.5 Å². The Morgan fingerprint density at radius 3 is 2.89 bits per heavy atom. The fourth-order valence-electron chi connectivity index (χ4n) is 1.50. The van der Waals surface area contributed by atoms with Gasteiger partial charge in [-0.25, -0.2) is 0 Å². The van der Waals surface area contributed by atoms with Gasteiger partial charge in [-0.1, -0.05) is 6.07 Å². The Hall–Kier alpha value is -2.44. The number of fused-ring (bicyclic) bond motifs is 1. The molecule has 0 unspecified atom stereocenters. The van der Waals surface area contributed by atoms with Crippen molar-refractivity contribution < 1.29 is 14.7 Å². The lowest BCUT2D eigenvalue weighted by Crippen LogP contribution is -2.24. The number of carboxylic acid groups (broad SMARTS) is 1. The molecule has 2 rings (SSSR count). The fraction of sp³-hybridized carbons (Fsp3) is 0.273. The fourth-order valence-corrected chi connectivity index (χ4v) is 1.50. The van der Waals surface area contributed by atoms with Crippen LogP contribution in [0.1, 0.15) is 18.7 Å². The standard InChI is InChI=1S/C11H12N4O3/c16-10(4-5-11(17)18)12-7-9-14-13-8-3-1-2-6-15(8)9/h1-3,6H,4-5,7H2,(H,12,16)(H,17,18). The number of hydrogen-bond acceptors (Lipinski definition) is 4. The van der Waals surface area contributed by atoms with Crippen LogP contribution in [0, 0.1) is 0 Å². The van der Waals surface area contributed by atoms with E-state index in [0.717, 1.165) is 0 Å². The maximum atomic E-state index is 11.3. The molecule has 0 aliphatic rings. The summed E-state index contributed by atoms with van der Waals surface area (Å²) < 4.78 is 1.76. The number of carboxylic acids is 1. The molecule has 0 aliphatic carbocycles. The number of rotatable bonds is 5. The monoisotopic (exact) mass is 248 g/mol. The highest BCUT2D eigenvalue weighted by molar-refractivity contribution is 5.80. The van der Waals surface area contributed by atoms with Crippen molar-refractivity contribution in [2.24, 2.45) is 0 Å². The molecule has 18 heavy (non-hydrogen) atoms. The van der Waals surface area contributed by atoms with E-state index in [-0.39, 0.29) is 25.3 Å². The molecular weight excluding hydrogens is 236 g/mol. The molecule has 0 bridgehead atoms. The van der Waals surface area contributed by atoms with Crippen molar-refractivity contribution in [3.05, 3.63) is 30.2 Å². The van der Waals surface area contributed by atoms with Gasteiger partial charge >= 0.3 is 5.97 Å². The largest absolute Gasteiger partial charge is 0.481 e. The van der Waals surface area contributed by atoms with E-state index in [9.17, 15) is 9.59 Å². The lowest BCUT2D eigenvalue weighted by atomic mass is 10.3. The predicted octanol–water partition coefficient (Wildman–Crippen LogP) is 0.210. The maximum Gasteiger partial charge on any atom is 0.303 e. The minimum absolute atomic E-state index is 0.0356. The van der Waals surface area contributed by atoms with Crippen LogP contribution in [0.4, 0.5) is 0 Å². The summed E-state index contributed by atoms with van der Waals surface area (Å²) >= 11 is 0. The number of nitrogens with one attached hydrogen (secondary N) is 1. The quantitative estimate of drug-likeness (QED) is 0.788. The molecule has 0 saturated carbocycles. The zero-order valence-electron chi connectivity index (χ0n) is 9.54. The predicted molar refractivity (Wildman–Crippen MR) is 61.7 cm³/mol. The van der Waals surface area contributed by atoms with Crippen LogP contribution in [-0.4, -0.2) is 31.6 Å². The maximum absolute atomic E-state index is 11.3. The lowest BCUT2D eigenvalue weighted by Gasteiger charge is -2.02. The van der Waals surface area contributed by atoms with Crippen molar-refractivity contribution in [2.45, 2.75) is 19.4 Å². The number of nitrogens with zero attached hydrogens (tertiary/aromatic N) is 3. The number of aliphatic carboxylic acids is 1. The normalized spacial score (nSPS) is 10.4. The van der Waals surface area contributed by atoms with E-state index in [2.05, 4.69) is 15.5 Å². The molecule has 2 heterocycles. The second-order valence-electron chi connectivity index (χ2n) is 3.72. The van der Waals surface area contributed by atoms with Gasteiger partial charge in [-0.15, -0.1) is 10.2 Å². The zero-order valence-corrected chi connectivity index (χ0v) is 9.54. The third-order valence-electron chi connectivity index (χ3n) is 2.39. The first-order valence-corrected chi connectivity index (χ1v) is 5.44. The third-order valence-corrected chi connectivity index (χ3v) is 2.39. The van der Waals surface area contributed by atoms with Crippen LogP contribution < -0.4 is 5.32 Å². The molecule has 7 nitrogen and oxygen atoms in total. The number of amides is 1. The summed E-state index contributed by atoms with van der Waals surface area (Å²) in [4.78, 5) is 21.7. The van der Waals surface area contributed by atoms with E-state index >= 15 is 0 Å². The highest BCUT2D eigenvalue weighted by Gasteiger charge is 2.08. The van der Waals surface area contributed by atoms with E-state index in [1.807, 2.05) is 18.2 Å². The van der Waals surface area contributed by atoms with Crippen molar-refractivity contribution in [3.8, 4) is 0 Å². The summed E-state index contributed by atoms with van der Waals surface area (Å²) in [6.45, 7) is 0.226. The summed E-state index contributed by atoms with van der Waals surface area (Å²) in [5.74, 6) is -0.697. The van der Waals surface area contributed by atoms with Gasteiger partial charge in [0.05, 0.1) is 13.0 Å². The Balaban J connectivity index is 1.94. The first-order chi connectivity index (χ1) is 8.66. The first-order valence-electron chi connectivity index (χ1n) is 5.44. The summed E-state index contributed by atoms with van der Waals surface area (Å²) in [6.07, 6.45) is 1.59. The van der Waals surface area contributed by atoms with Gasteiger partial charge in [-0.3, -0.25) is 14.0 Å². The molecule has 0 radical (unpaired) electrons. The van der Waals surface area contributed by atoms with E-state index in [0.29, 0.717) is 11.5 Å². The Morgan fingerprint density at radius 1 is 1.28 bits per heavy atom. The zero-order chi connectivity index (χ0) is 13.0. The molecule has 0 aromatic carbocycles. The van der Waals surface area contributed by atoms with Crippen LogP contribution in [0.5, 0.6) is 0 Å². The van der Waals surface area contributed by atoms with Gasteiger partial charge in [-0.05, 0) is 12.1 Å². The molecule has 0 aliphatic heterocycles. The van der Waals surface area contributed by atoms with Crippen LogP contribution in [-0.2, 0) is 16.1 Å². The van der Waals surface area contributed by atoms with Crippen molar-refractivity contribution in [1.29, 1.82) is 0 Å². The molecule has 0 spiro atoms. The minimum atomic E-state index is -0.988. The second-order valence-corrected chi connectivity index (χ2v) is 3.72. The van der Waals surface area contributed by atoms with Gasteiger partial charge in [-0.2, -0.15) is 0 Å². The van der Waals surface area contributed by atoms with Crippen molar-refractivity contribution in [1.82, 2.24) is 19.9 Å². The van der Waals surface area contributed by atoms with Crippen LogP contribution in [0.2, 0.25) is 0 Å². The Kier molecular flexibility index (Phi) is 3.52. The van der Waals surface area contributed by atoms with E-state index < -0.39 is 5.97 Å². The average Bonchev–Trinajstić information content (AvgIpc) is 2.77. The number of aromatic nitrogens is 3. The number of pyridine rings is 1. The van der Waals surface area contributed by atoms with Gasteiger partial charge in [0.15, 0.2) is 11.5 Å². The summed E-state index contributed by atoms with van der Waals surface area (Å²) in [7, 11) is 0. The van der Waals surface area contributed by atoms with Crippen molar-refractivity contribution in [3.63, 3.8) is 0 Å². The molecule has 0 saturated heterocycles. The van der Waals surface area contributed by atoms with E-state index in [4.69, 9.17) is 5.11 Å². The van der Waals surface area contributed by atoms with E-state index in [1.54, 1.807) is 10.6 Å². The molecule has 94 valence electrons. The molecule has 2 N–H and O–H groups in total. The molecule has 1 amide bonds. The highest BCUT2D eigenvalue weighted by atomic mass is 16.4. The molecule has 0 fully saturated rings. The summed E-state index contributed by atoms with van der Waals surface area (Å²) in [5.41, 5.74) is 0.701. The third kappa shape index (κ3) is 2.82. The van der Waals surface area contributed by atoms with Crippen LogP contribution in [0.15, 0.2) is 24.4 Å². The molecular formula is C11H12N4O3. The molecule has 2 aromatic heterocycles. The van der Waals surface area contributed by atoms with Crippen LogP contribution in [0.3, 0.4) is 0 Å². The van der Waals surface area contributed by atoms with Gasteiger partial charge in [0.25, 0.3) is 0 Å². The number of carbonyl (C=O) groups excluding carboxylic acids is 1. The average molecular weight is 248 g/mol. The molecule has 2 aromatic rings. The number of hydrogen-bond donors (Lipinski definition) is 2. The highest BCUT2D eigenvalue weighted by Crippen LogP contribution is 2.02. The van der Waals surface area contributed by atoms with Gasteiger partial charge in [0.2, 0.25) is 5.91 Å². The Morgan fingerprint density at radius 2 is 2.11 bits per heavy atom. The van der Waals surface area contributed by atoms with Gasteiger partial charge in [0.1, 0.15) is 0 Å². The smallest absolute Gasteiger partial charge is 0.303 e. The minimum Gasteiger partial charge on any atom is -0.481 e. The SMILES string of the molecule is O=C(O)CCC(=O)NCc1nnc2ccccn12. The lowest BCUT2D eigenvalue weighted by molar-refractivity contribution is -0.138. The van der Waals surface area contributed by atoms with Crippen LogP contribution in [0.25, 0.3) is 5.65 Å². The van der Waals surface area contributed by atoms with Gasteiger partial charge in [0, 0.05) is 12.6 Å². The molecule has 7 heteroatoms. The Labute approximate surface area is 102 Å². The van der Waals surface area contributed by atoms with Gasteiger partial charge < -0.3 is 10.4 Å². The topological polar surface area (TPSA) is 96.6 Å². The van der Waals surface area contributed by atoms with Crippen LogP contribution >= 0.6 is 0 Å². The van der Waals surface area contributed by atoms with E-state index in [1.165, 1.54) is 0 Å².